The predicted octanol–water partition coefficient (Wildman–Crippen LogP) is 12.6. The van der Waals surface area contributed by atoms with Crippen molar-refractivity contribution in [3.8, 4) is 22.6 Å². The summed E-state index contributed by atoms with van der Waals surface area (Å²) >= 11 is 0. The maximum Gasteiger partial charge on any atom is 0.131 e. The van der Waals surface area contributed by atoms with Gasteiger partial charge in [-0.2, -0.15) is 0 Å². The molecule has 0 radical (unpaired) electrons. The zero-order chi connectivity index (χ0) is 33.6. The van der Waals surface area contributed by atoms with Gasteiger partial charge in [0.25, 0.3) is 0 Å². The van der Waals surface area contributed by atoms with E-state index in [1.165, 1.54) is 89.0 Å². The number of anilines is 3. The first kappa shape index (κ1) is 29.4. The lowest BCUT2D eigenvalue weighted by molar-refractivity contribution is -0.235. The van der Waals surface area contributed by atoms with Crippen LogP contribution in [0.3, 0.4) is 0 Å². The fourth-order valence-electron chi connectivity index (χ4n) is 13.0. The van der Waals surface area contributed by atoms with Crippen molar-refractivity contribution in [1.29, 1.82) is 0 Å². The van der Waals surface area contributed by atoms with Crippen LogP contribution in [0.15, 0.2) is 115 Å². The Labute approximate surface area is 297 Å². The monoisotopic (exact) mass is 653 g/mol. The van der Waals surface area contributed by atoms with Gasteiger partial charge in [-0.1, -0.05) is 94.4 Å². The minimum absolute atomic E-state index is 0.00484. The highest BCUT2D eigenvalue weighted by Crippen LogP contribution is 2.89. The Morgan fingerprint density at radius 2 is 1.28 bits per heavy atom. The fourth-order valence-corrected chi connectivity index (χ4v) is 13.0. The Morgan fingerprint density at radius 3 is 2.06 bits per heavy atom. The molecule has 0 amide bonds. The zero-order valence-corrected chi connectivity index (χ0v) is 29.9. The van der Waals surface area contributed by atoms with E-state index >= 15 is 0 Å². The highest BCUT2D eigenvalue weighted by molar-refractivity contribution is 5.82. The molecule has 0 aromatic heterocycles. The molecule has 2 nitrogen and oxygen atoms in total. The van der Waals surface area contributed by atoms with Gasteiger partial charge in [-0.15, -0.1) is 0 Å². The van der Waals surface area contributed by atoms with Crippen LogP contribution in [0.4, 0.5) is 17.1 Å². The molecule has 1 aliphatic heterocycles. The summed E-state index contributed by atoms with van der Waals surface area (Å²) in [5, 5.41) is 0. The van der Waals surface area contributed by atoms with E-state index in [0.717, 1.165) is 23.3 Å². The third kappa shape index (κ3) is 3.56. The van der Waals surface area contributed by atoms with Crippen molar-refractivity contribution >= 4 is 17.1 Å². The van der Waals surface area contributed by atoms with E-state index in [0.29, 0.717) is 17.3 Å². The van der Waals surface area contributed by atoms with Gasteiger partial charge in [0, 0.05) is 27.9 Å². The van der Waals surface area contributed by atoms with Crippen LogP contribution in [-0.4, -0.2) is 0 Å². The van der Waals surface area contributed by atoms with Gasteiger partial charge < -0.3 is 9.64 Å². The van der Waals surface area contributed by atoms with Crippen molar-refractivity contribution in [3.63, 3.8) is 0 Å². The summed E-state index contributed by atoms with van der Waals surface area (Å²) in [6.07, 6.45) is 8.04. The number of fused-ring (bicyclic) bond motifs is 8. The number of benzene rings is 5. The van der Waals surface area contributed by atoms with Crippen molar-refractivity contribution in [3.05, 3.63) is 138 Å². The molecule has 2 heteroatoms. The van der Waals surface area contributed by atoms with Crippen LogP contribution < -0.4 is 9.64 Å². The molecule has 1 heterocycles. The van der Waals surface area contributed by atoms with Gasteiger partial charge in [0.1, 0.15) is 11.5 Å². The molecule has 6 atom stereocenters. The van der Waals surface area contributed by atoms with Gasteiger partial charge in [-0.3, -0.25) is 0 Å². The molecule has 0 saturated heterocycles. The second-order valence-corrected chi connectivity index (χ2v) is 18.1. The standard InChI is InChI=1S/C48H47NO/c1-45(2)22-23-46(3,4)44-36(45)16-11-17-39(44)49(34-14-9-6-10-15-34)35-19-21-41-38(28-35)48(42-25-30-24-33-27-43(48)47(33,42)29-30)37-26-32(18-20-40(37)50-41)31-12-7-5-8-13-31/h5-21,26,28,30,33,42-43H,22-25,27,29H2,1-4H3. The minimum atomic E-state index is -0.00484. The van der Waals surface area contributed by atoms with Crippen LogP contribution >= 0.6 is 0 Å². The summed E-state index contributed by atoms with van der Waals surface area (Å²) in [5.41, 5.74) is 13.0. The van der Waals surface area contributed by atoms with Crippen molar-refractivity contribution in [2.75, 3.05) is 4.90 Å². The fraction of sp³-hybridized carbons (Fsp3) is 0.375. The Bertz CT molecular complexity index is 2200. The summed E-state index contributed by atoms with van der Waals surface area (Å²) < 4.78 is 6.97. The molecule has 0 N–H and O–H groups in total. The minimum Gasteiger partial charge on any atom is -0.457 e. The van der Waals surface area contributed by atoms with E-state index in [1.807, 2.05) is 0 Å². The number of para-hydroxylation sites is 1. The molecule has 250 valence electrons. The van der Waals surface area contributed by atoms with E-state index in [-0.39, 0.29) is 16.2 Å². The summed E-state index contributed by atoms with van der Waals surface area (Å²) in [7, 11) is 0. The molecule has 4 saturated carbocycles. The number of hydrogen-bond acceptors (Lipinski definition) is 2. The lowest BCUT2D eigenvalue weighted by Gasteiger charge is -2.77. The van der Waals surface area contributed by atoms with E-state index in [1.54, 1.807) is 0 Å². The SMILES string of the molecule is CC1(C)CCC(C)(C)c2c(N(c3ccccc3)c3ccc4c(c3)C3(c5cc(-c6ccccc6)ccc5O4)C4CC5CC6CC3C64C5)cccc21. The topological polar surface area (TPSA) is 12.5 Å². The number of hydrogen-bond donors (Lipinski definition) is 0. The molecular weight excluding hydrogens is 607 g/mol. The molecule has 11 rings (SSSR count). The molecular formula is C48H47NO. The second-order valence-electron chi connectivity index (χ2n) is 18.1. The van der Waals surface area contributed by atoms with Crippen LogP contribution in [0.1, 0.15) is 88.5 Å². The van der Waals surface area contributed by atoms with E-state index < -0.39 is 0 Å². The third-order valence-corrected chi connectivity index (χ3v) is 15.0. The number of nitrogens with zero attached hydrogens (tertiary/aromatic N) is 1. The van der Waals surface area contributed by atoms with Crippen LogP contribution in [0.2, 0.25) is 0 Å². The largest absolute Gasteiger partial charge is 0.457 e. The Kier molecular flexibility index (Phi) is 5.72. The summed E-state index contributed by atoms with van der Waals surface area (Å²) in [4.78, 5) is 2.57. The van der Waals surface area contributed by atoms with Gasteiger partial charge in [0.05, 0.1) is 5.69 Å². The Balaban J connectivity index is 1.14. The maximum atomic E-state index is 6.97. The van der Waals surface area contributed by atoms with Crippen LogP contribution in [0.5, 0.6) is 11.5 Å². The van der Waals surface area contributed by atoms with Gasteiger partial charge in [-0.25, -0.2) is 0 Å². The first-order valence-electron chi connectivity index (χ1n) is 19.2. The molecule has 5 aromatic rings. The van der Waals surface area contributed by atoms with Crippen molar-refractivity contribution < 1.29 is 4.74 Å². The van der Waals surface area contributed by atoms with E-state index in [9.17, 15) is 0 Å². The van der Waals surface area contributed by atoms with Gasteiger partial charge in [0.15, 0.2) is 0 Å². The van der Waals surface area contributed by atoms with E-state index in [4.69, 9.17) is 4.74 Å². The average molecular weight is 654 g/mol. The molecule has 6 unspecified atom stereocenters. The lowest BCUT2D eigenvalue weighted by atomic mass is 9.26. The van der Waals surface area contributed by atoms with Gasteiger partial charge in [-0.05, 0) is 149 Å². The predicted molar refractivity (Wildman–Crippen MR) is 204 cm³/mol. The Morgan fingerprint density at radius 1 is 0.580 bits per heavy atom. The van der Waals surface area contributed by atoms with Crippen molar-refractivity contribution in [2.24, 2.45) is 29.1 Å². The summed E-state index contributed by atoms with van der Waals surface area (Å²) in [6, 6.07) is 43.4. The molecule has 50 heavy (non-hydrogen) atoms. The molecule has 2 spiro atoms. The van der Waals surface area contributed by atoms with Gasteiger partial charge >= 0.3 is 0 Å². The van der Waals surface area contributed by atoms with Crippen molar-refractivity contribution in [1.82, 2.24) is 0 Å². The zero-order valence-electron chi connectivity index (χ0n) is 29.9. The van der Waals surface area contributed by atoms with Crippen LogP contribution in [-0.2, 0) is 16.2 Å². The van der Waals surface area contributed by atoms with Gasteiger partial charge in [0.2, 0.25) is 0 Å². The normalized spacial score (nSPS) is 31.0. The lowest BCUT2D eigenvalue weighted by Crippen LogP contribution is -2.74. The second kappa shape index (κ2) is 9.72. The first-order valence-corrected chi connectivity index (χ1v) is 19.2. The number of rotatable bonds is 4. The maximum absolute atomic E-state index is 6.97. The third-order valence-electron chi connectivity index (χ3n) is 15.0. The Hall–Kier alpha value is -4.30. The smallest absolute Gasteiger partial charge is 0.131 e. The highest BCUT2D eigenvalue weighted by Gasteiger charge is 2.84. The molecule has 4 fully saturated rings. The highest BCUT2D eigenvalue weighted by atomic mass is 16.5. The first-order chi connectivity index (χ1) is 24.2. The summed E-state index contributed by atoms with van der Waals surface area (Å²) in [5.74, 6) is 5.35. The molecule has 5 aromatic carbocycles. The molecule has 5 aliphatic carbocycles. The quantitative estimate of drug-likeness (QED) is 0.191. The molecule has 2 bridgehead atoms. The van der Waals surface area contributed by atoms with Crippen molar-refractivity contribution in [2.45, 2.75) is 82.5 Å². The molecule has 6 aliphatic rings. The average Bonchev–Trinajstić information content (AvgIpc) is 3.66. The van der Waals surface area contributed by atoms with E-state index in [2.05, 4.69) is 148 Å². The summed E-state index contributed by atoms with van der Waals surface area (Å²) in [6.45, 7) is 9.79. The van der Waals surface area contributed by atoms with Crippen LogP contribution in [0.25, 0.3) is 11.1 Å². The number of ether oxygens (including phenoxy) is 1. The van der Waals surface area contributed by atoms with Crippen LogP contribution in [0, 0.1) is 29.1 Å².